The van der Waals surface area contributed by atoms with E-state index in [1.165, 1.54) is 4.90 Å². The summed E-state index contributed by atoms with van der Waals surface area (Å²) in [5, 5.41) is 5.83. The topological polar surface area (TPSA) is 201 Å². The predicted molar refractivity (Wildman–Crippen MR) is 195 cm³/mol. The Hall–Kier alpha value is -1.37. The molecule has 3 amide bonds. The average Bonchev–Trinajstić information content (AvgIpc) is 2.98. The van der Waals surface area contributed by atoms with Gasteiger partial charge >= 0.3 is 15.6 Å². The normalized spacial score (nSPS) is 13.5. The first kappa shape index (κ1) is 48.6. The average molecular weight is 758 g/mol. The number of hydrogen-bond donors (Lipinski definition) is 5. The summed E-state index contributed by atoms with van der Waals surface area (Å²) in [6, 6.07) is 0. The number of carbonyl (C=O) groups is 3. The Labute approximate surface area is 301 Å². The smallest absolute Gasteiger partial charge is 0.356 e. The van der Waals surface area contributed by atoms with Gasteiger partial charge in [-0.3, -0.25) is 28.0 Å². The van der Waals surface area contributed by atoms with Crippen molar-refractivity contribution in [2.45, 2.75) is 144 Å². The molecule has 0 aliphatic rings. The maximum atomic E-state index is 12.8. The highest BCUT2D eigenvalue weighted by Crippen LogP contribution is 2.43. The Morgan fingerprint density at radius 3 is 1.46 bits per heavy atom. The lowest BCUT2D eigenvalue weighted by molar-refractivity contribution is -0.132. The minimum absolute atomic E-state index is 0.00430. The van der Waals surface area contributed by atoms with Crippen molar-refractivity contribution in [3.05, 3.63) is 0 Å². The van der Waals surface area contributed by atoms with Gasteiger partial charge in [-0.05, 0) is 62.2 Å². The van der Waals surface area contributed by atoms with E-state index >= 15 is 0 Å². The SMILES string of the molecule is CC(C)(C)CCCCC(=O)NCCCCCCOP(=O)(O)OCCN(CCOP(=O)(O)O)C(=O)CCCCCNC(=O)CCCCC(C)(C)C. The van der Waals surface area contributed by atoms with Crippen molar-refractivity contribution in [3.63, 3.8) is 0 Å². The number of amides is 3. The van der Waals surface area contributed by atoms with Gasteiger partial charge in [0.1, 0.15) is 0 Å². The van der Waals surface area contributed by atoms with Gasteiger partial charge in [-0.2, -0.15) is 0 Å². The third-order valence-electron chi connectivity index (χ3n) is 7.79. The number of hydrogen-bond acceptors (Lipinski definition) is 8. The molecule has 1 unspecified atom stereocenters. The monoisotopic (exact) mass is 757 g/mol. The van der Waals surface area contributed by atoms with Gasteiger partial charge in [-0.25, -0.2) is 9.13 Å². The molecule has 0 heterocycles. The van der Waals surface area contributed by atoms with Crippen molar-refractivity contribution in [1.29, 1.82) is 0 Å². The molecule has 50 heavy (non-hydrogen) atoms. The lowest BCUT2D eigenvalue weighted by atomic mass is 9.89. The molecule has 14 nitrogen and oxygen atoms in total. The Balaban J connectivity index is 4.28. The molecule has 5 N–H and O–H groups in total. The molecule has 0 rings (SSSR count). The zero-order valence-electron chi connectivity index (χ0n) is 31.7. The minimum Gasteiger partial charge on any atom is -0.356 e. The maximum Gasteiger partial charge on any atom is 0.472 e. The fourth-order valence-electron chi connectivity index (χ4n) is 4.95. The number of rotatable bonds is 30. The number of unbranched alkanes of at least 4 members (excludes halogenated alkanes) is 7. The van der Waals surface area contributed by atoms with Crippen molar-refractivity contribution in [1.82, 2.24) is 15.5 Å². The van der Waals surface area contributed by atoms with Crippen molar-refractivity contribution >= 4 is 33.4 Å². The van der Waals surface area contributed by atoms with Crippen LogP contribution in [0.5, 0.6) is 0 Å². The molecule has 0 aliphatic carbocycles. The summed E-state index contributed by atoms with van der Waals surface area (Å²) in [7, 11) is -9.10. The van der Waals surface area contributed by atoms with Gasteiger partial charge in [0.2, 0.25) is 17.7 Å². The molecule has 0 aromatic heterocycles. The van der Waals surface area contributed by atoms with Crippen LogP contribution in [-0.4, -0.2) is 83.3 Å². The molecule has 0 fully saturated rings. The maximum absolute atomic E-state index is 12.8. The summed E-state index contributed by atoms with van der Waals surface area (Å²) in [4.78, 5) is 66.1. The standard InChI is InChI=1S/C34H69N3O11P2/c1-33(2,3)21-13-11-18-30(38)35-23-15-7-8-17-27-47-50(44,45)48-29-26-37(25-28-46-49(41,42)43)32(40)20-10-9-16-24-36-31(39)19-12-14-22-34(4,5)6/h7-29H2,1-6H3,(H,35,38)(H,36,39)(H,44,45)(H2,41,42,43). The number of phosphoric ester groups is 2. The van der Waals surface area contributed by atoms with Crippen LogP contribution in [-0.2, 0) is 37.1 Å². The fourth-order valence-corrected chi connectivity index (χ4v) is 6.01. The number of nitrogens with zero attached hydrogens (tertiary/aromatic N) is 1. The molecule has 0 saturated carbocycles. The van der Waals surface area contributed by atoms with E-state index in [-0.39, 0.29) is 61.3 Å². The first-order valence-electron chi connectivity index (χ1n) is 18.3. The van der Waals surface area contributed by atoms with Gasteiger partial charge in [0.25, 0.3) is 0 Å². The molecule has 0 bridgehead atoms. The fraction of sp³-hybridized carbons (Fsp3) is 0.912. The Morgan fingerprint density at radius 1 is 0.560 bits per heavy atom. The quantitative estimate of drug-likeness (QED) is 0.0389. The van der Waals surface area contributed by atoms with Gasteiger partial charge in [0.15, 0.2) is 0 Å². The van der Waals surface area contributed by atoms with Crippen LogP contribution in [0, 0.1) is 10.8 Å². The highest BCUT2D eigenvalue weighted by atomic mass is 31.2. The van der Waals surface area contributed by atoms with Crippen LogP contribution < -0.4 is 10.6 Å². The molecule has 0 aromatic carbocycles. The number of nitrogens with one attached hydrogen (secondary N) is 2. The molecule has 296 valence electrons. The molecule has 0 aromatic rings. The van der Waals surface area contributed by atoms with Crippen LogP contribution in [0.15, 0.2) is 0 Å². The highest BCUT2D eigenvalue weighted by Gasteiger charge is 2.23. The third kappa shape index (κ3) is 33.8. The van der Waals surface area contributed by atoms with E-state index in [1.807, 2.05) is 0 Å². The van der Waals surface area contributed by atoms with Gasteiger partial charge < -0.3 is 30.2 Å². The minimum atomic E-state index is -4.73. The summed E-state index contributed by atoms with van der Waals surface area (Å²) >= 11 is 0. The van der Waals surface area contributed by atoms with Crippen molar-refractivity contribution in [3.8, 4) is 0 Å². The predicted octanol–water partition coefficient (Wildman–Crippen LogP) is 6.62. The largest absolute Gasteiger partial charge is 0.472 e. The third-order valence-corrected chi connectivity index (χ3v) is 9.32. The molecular weight excluding hydrogens is 688 g/mol. The van der Waals surface area contributed by atoms with Crippen LogP contribution >= 0.6 is 15.6 Å². The van der Waals surface area contributed by atoms with Crippen LogP contribution in [0.25, 0.3) is 0 Å². The second-order valence-electron chi connectivity index (χ2n) is 15.3. The van der Waals surface area contributed by atoms with Crippen molar-refractivity contribution < 1.29 is 51.8 Å². The zero-order chi connectivity index (χ0) is 38.1. The summed E-state index contributed by atoms with van der Waals surface area (Å²) < 4.78 is 37.9. The van der Waals surface area contributed by atoms with E-state index in [1.54, 1.807) is 0 Å². The Bertz CT molecular complexity index is 1040. The molecule has 0 radical (unpaired) electrons. The lowest BCUT2D eigenvalue weighted by Crippen LogP contribution is -2.36. The van der Waals surface area contributed by atoms with E-state index < -0.39 is 22.3 Å². The summed E-state index contributed by atoms with van der Waals surface area (Å²) in [5.74, 6) is -0.243. The van der Waals surface area contributed by atoms with Gasteiger partial charge in [0.05, 0.1) is 19.8 Å². The summed E-state index contributed by atoms with van der Waals surface area (Å²) in [6.07, 6.45) is 11.9. The Kier molecular flexibility index (Phi) is 25.7. The van der Waals surface area contributed by atoms with E-state index in [4.69, 9.17) is 18.8 Å². The van der Waals surface area contributed by atoms with Crippen LogP contribution in [0.3, 0.4) is 0 Å². The summed E-state index contributed by atoms with van der Waals surface area (Å²) in [5.41, 5.74) is 0.536. The van der Waals surface area contributed by atoms with E-state index in [0.717, 1.165) is 57.8 Å². The van der Waals surface area contributed by atoms with Gasteiger partial charge in [-0.15, -0.1) is 0 Å². The molecule has 0 saturated heterocycles. The van der Waals surface area contributed by atoms with Crippen LogP contribution in [0.1, 0.15) is 144 Å². The molecule has 1 atom stereocenters. The van der Waals surface area contributed by atoms with Gasteiger partial charge in [0, 0.05) is 45.4 Å². The zero-order valence-corrected chi connectivity index (χ0v) is 33.5. The molecule has 0 aliphatic heterocycles. The number of phosphoric acid groups is 2. The number of carbonyl (C=O) groups excluding carboxylic acids is 3. The Morgan fingerprint density at radius 2 is 0.980 bits per heavy atom. The van der Waals surface area contributed by atoms with Crippen molar-refractivity contribution in [2.24, 2.45) is 10.8 Å². The molecular formula is C34H69N3O11P2. The second kappa shape index (κ2) is 26.4. The van der Waals surface area contributed by atoms with Crippen LogP contribution in [0.4, 0.5) is 0 Å². The lowest BCUT2D eigenvalue weighted by Gasteiger charge is -2.23. The van der Waals surface area contributed by atoms with Gasteiger partial charge in [-0.1, -0.05) is 73.6 Å². The van der Waals surface area contributed by atoms with Crippen LogP contribution in [0.2, 0.25) is 0 Å². The second-order valence-corrected chi connectivity index (χ2v) is 18.0. The first-order valence-corrected chi connectivity index (χ1v) is 21.3. The van der Waals surface area contributed by atoms with E-state index in [2.05, 4.69) is 56.7 Å². The summed E-state index contributed by atoms with van der Waals surface area (Å²) in [6.45, 7) is 13.2. The van der Waals surface area contributed by atoms with E-state index in [0.29, 0.717) is 51.6 Å². The van der Waals surface area contributed by atoms with E-state index in [9.17, 15) is 28.4 Å². The molecule has 16 heteroatoms. The molecule has 0 spiro atoms. The van der Waals surface area contributed by atoms with Crippen molar-refractivity contribution in [2.75, 3.05) is 46.0 Å². The highest BCUT2D eigenvalue weighted by molar-refractivity contribution is 7.47. The first-order chi connectivity index (χ1) is 23.2.